The summed E-state index contributed by atoms with van der Waals surface area (Å²) in [6.45, 7) is 1.95. The van der Waals surface area contributed by atoms with Crippen molar-refractivity contribution in [2.75, 3.05) is 5.32 Å². The molecule has 5 heteroatoms. The lowest BCUT2D eigenvalue weighted by Crippen LogP contribution is -2.14. The third kappa shape index (κ3) is 3.65. The van der Waals surface area contributed by atoms with Crippen LogP contribution in [0.4, 0.5) is 11.4 Å². The van der Waals surface area contributed by atoms with Crippen LogP contribution in [0.25, 0.3) is 0 Å². The molecule has 0 unspecified atom stereocenters. The maximum Gasteiger partial charge on any atom is 0.269 e. The topological polar surface area (TPSA) is 72.2 Å². The van der Waals surface area contributed by atoms with Crippen LogP contribution in [-0.4, -0.2) is 10.8 Å². The van der Waals surface area contributed by atoms with E-state index in [0.717, 1.165) is 16.8 Å². The van der Waals surface area contributed by atoms with Crippen LogP contribution in [0.3, 0.4) is 0 Å². The van der Waals surface area contributed by atoms with E-state index in [9.17, 15) is 14.9 Å². The first-order chi connectivity index (χ1) is 9.54. The highest BCUT2D eigenvalue weighted by Crippen LogP contribution is 2.14. The molecule has 20 heavy (non-hydrogen) atoms. The lowest BCUT2D eigenvalue weighted by molar-refractivity contribution is -0.384. The number of hydrogen-bond acceptors (Lipinski definition) is 3. The van der Waals surface area contributed by atoms with Gasteiger partial charge < -0.3 is 5.32 Å². The number of carbonyl (C=O) groups excluding carboxylic acids is 1. The number of rotatable bonds is 4. The molecule has 1 N–H and O–H groups in total. The molecule has 0 spiro atoms. The van der Waals surface area contributed by atoms with Gasteiger partial charge >= 0.3 is 0 Å². The average molecular weight is 270 g/mol. The molecule has 0 saturated heterocycles. The predicted octanol–water partition coefficient (Wildman–Crippen LogP) is 3.08. The Kier molecular flexibility index (Phi) is 4.10. The van der Waals surface area contributed by atoms with Gasteiger partial charge in [0.1, 0.15) is 0 Å². The van der Waals surface area contributed by atoms with Gasteiger partial charge in [0, 0.05) is 17.8 Å². The number of nitrogens with zero attached hydrogens (tertiary/aromatic N) is 1. The van der Waals surface area contributed by atoms with Gasteiger partial charge in [-0.15, -0.1) is 0 Å². The number of aryl methyl sites for hydroxylation is 1. The molecule has 0 atom stereocenters. The number of nitro benzene ring substituents is 1. The van der Waals surface area contributed by atoms with Crippen LogP contribution in [0.15, 0.2) is 48.5 Å². The van der Waals surface area contributed by atoms with Crippen molar-refractivity contribution in [3.63, 3.8) is 0 Å². The van der Waals surface area contributed by atoms with Crippen LogP contribution >= 0.6 is 0 Å². The van der Waals surface area contributed by atoms with Crippen molar-refractivity contribution in [3.05, 3.63) is 69.8 Å². The van der Waals surface area contributed by atoms with Gasteiger partial charge in [-0.05, 0) is 30.2 Å². The number of nitro groups is 1. The Morgan fingerprint density at radius 3 is 2.50 bits per heavy atom. The van der Waals surface area contributed by atoms with Crippen molar-refractivity contribution < 1.29 is 9.72 Å². The smallest absolute Gasteiger partial charge is 0.269 e. The number of anilines is 1. The molecule has 2 aromatic carbocycles. The van der Waals surface area contributed by atoms with Gasteiger partial charge in [-0.25, -0.2) is 0 Å². The van der Waals surface area contributed by atoms with Crippen LogP contribution < -0.4 is 5.32 Å². The maximum absolute atomic E-state index is 11.9. The number of carbonyl (C=O) groups is 1. The van der Waals surface area contributed by atoms with Gasteiger partial charge in [-0.1, -0.05) is 24.3 Å². The van der Waals surface area contributed by atoms with E-state index in [4.69, 9.17) is 0 Å². The molecule has 2 aromatic rings. The first kappa shape index (κ1) is 13.7. The van der Waals surface area contributed by atoms with Gasteiger partial charge in [-0.3, -0.25) is 14.9 Å². The first-order valence-corrected chi connectivity index (χ1v) is 6.14. The molecular formula is C15H14N2O3. The van der Waals surface area contributed by atoms with E-state index in [1.807, 2.05) is 31.2 Å². The van der Waals surface area contributed by atoms with Crippen molar-refractivity contribution in [1.29, 1.82) is 0 Å². The van der Waals surface area contributed by atoms with E-state index in [0.29, 0.717) is 0 Å². The third-order valence-corrected chi connectivity index (χ3v) is 2.81. The molecule has 1 amide bonds. The second-order valence-electron chi connectivity index (χ2n) is 4.52. The fourth-order valence-corrected chi connectivity index (χ4v) is 1.85. The van der Waals surface area contributed by atoms with Crippen molar-refractivity contribution in [3.8, 4) is 0 Å². The highest BCUT2D eigenvalue weighted by molar-refractivity contribution is 5.92. The lowest BCUT2D eigenvalue weighted by Gasteiger charge is -2.06. The highest BCUT2D eigenvalue weighted by atomic mass is 16.6. The lowest BCUT2D eigenvalue weighted by atomic mass is 10.1. The van der Waals surface area contributed by atoms with Crippen LogP contribution in [-0.2, 0) is 11.2 Å². The summed E-state index contributed by atoms with van der Waals surface area (Å²) in [5, 5.41) is 13.3. The standard InChI is InChI=1S/C15H14N2O3/c1-11-3-2-4-13(9-11)16-15(18)10-12-5-7-14(8-6-12)17(19)20/h2-9H,10H2,1H3,(H,16,18). The zero-order chi connectivity index (χ0) is 14.5. The summed E-state index contributed by atoms with van der Waals surface area (Å²) >= 11 is 0. The molecular weight excluding hydrogens is 256 g/mol. The van der Waals surface area contributed by atoms with E-state index in [2.05, 4.69) is 5.32 Å². The highest BCUT2D eigenvalue weighted by Gasteiger charge is 2.07. The van der Waals surface area contributed by atoms with Crippen LogP contribution in [0, 0.1) is 17.0 Å². The minimum Gasteiger partial charge on any atom is -0.326 e. The average Bonchev–Trinajstić information content (AvgIpc) is 2.39. The van der Waals surface area contributed by atoms with Gasteiger partial charge in [-0.2, -0.15) is 0 Å². The maximum atomic E-state index is 11.9. The fourth-order valence-electron chi connectivity index (χ4n) is 1.85. The van der Waals surface area contributed by atoms with Crippen LogP contribution in [0.1, 0.15) is 11.1 Å². The SMILES string of the molecule is Cc1cccc(NC(=O)Cc2ccc([N+](=O)[O-])cc2)c1. The zero-order valence-corrected chi connectivity index (χ0v) is 11.0. The summed E-state index contributed by atoms with van der Waals surface area (Å²) < 4.78 is 0. The summed E-state index contributed by atoms with van der Waals surface area (Å²) in [7, 11) is 0. The Hall–Kier alpha value is -2.69. The molecule has 0 fully saturated rings. The van der Waals surface area contributed by atoms with Gasteiger partial charge in [0.2, 0.25) is 5.91 Å². The molecule has 0 heterocycles. The van der Waals surface area contributed by atoms with Crippen molar-refractivity contribution in [2.24, 2.45) is 0 Å². The van der Waals surface area contributed by atoms with Crippen LogP contribution in [0.2, 0.25) is 0 Å². The Bertz CT molecular complexity index is 636. The summed E-state index contributed by atoms with van der Waals surface area (Å²) in [6.07, 6.45) is 0.186. The Morgan fingerprint density at radius 1 is 1.20 bits per heavy atom. The molecule has 5 nitrogen and oxygen atoms in total. The Morgan fingerprint density at radius 2 is 1.90 bits per heavy atom. The fraction of sp³-hybridized carbons (Fsp3) is 0.133. The second-order valence-corrected chi connectivity index (χ2v) is 4.52. The normalized spacial score (nSPS) is 10.1. The molecule has 0 bridgehead atoms. The molecule has 0 aromatic heterocycles. The van der Waals surface area contributed by atoms with Crippen LogP contribution in [0.5, 0.6) is 0 Å². The summed E-state index contributed by atoms with van der Waals surface area (Å²) in [5.41, 5.74) is 2.57. The monoisotopic (exact) mass is 270 g/mol. The first-order valence-electron chi connectivity index (χ1n) is 6.14. The Balaban J connectivity index is 1.99. The van der Waals surface area contributed by atoms with Crippen molar-refractivity contribution in [2.45, 2.75) is 13.3 Å². The number of benzene rings is 2. The van der Waals surface area contributed by atoms with E-state index in [1.165, 1.54) is 12.1 Å². The Labute approximate surface area is 116 Å². The molecule has 0 aliphatic heterocycles. The molecule has 0 radical (unpaired) electrons. The minimum absolute atomic E-state index is 0.0212. The summed E-state index contributed by atoms with van der Waals surface area (Å²) in [5.74, 6) is -0.149. The quantitative estimate of drug-likeness (QED) is 0.685. The number of non-ortho nitro benzene ring substituents is 1. The van der Waals surface area contributed by atoms with E-state index in [-0.39, 0.29) is 18.0 Å². The largest absolute Gasteiger partial charge is 0.326 e. The second kappa shape index (κ2) is 5.97. The van der Waals surface area contributed by atoms with Gasteiger partial charge in [0.05, 0.1) is 11.3 Å². The van der Waals surface area contributed by atoms with Gasteiger partial charge in [0.25, 0.3) is 5.69 Å². The minimum atomic E-state index is -0.462. The van der Waals surface area contributed by atoms with Crippen molar-refractivity contribution in [1.82, 2.24) is 0 Å². The molecule has 0 aliphatic rings. The van der Waals surface area contributed by atoms with E-state index < -0.39 is 4.92 Å². The number of hydrogen-bond donors (Lipinski definition) is 1. The molecule has 2 rings (SSSR count). The third-order valence-electron chi connectivity index (χ3n) is 2.81. The van der Waals surface area contributed by atoms with E-state index in [1.54, 1.807) is 12.1 Å². The molecule has 0 aliphatic carbocycles. The molecule has 0 saturated carbocycles. The van der Waals surface area contributed by atoms with E-state index >= 15 is 0 Å². The number of nitrogens with one attached hydrogen (secondary N) is 1. The molecule has 102 valence electrons. The van der Waals surface area contributed by atoms with Crippen molar-refractivity contribution >= 4 is 17.3 Å². The predicted molar refractivity (Wildman–Crippen MR) is 76.6 cm³/mol. The summed E-state index contributed by atoms with van der Waals surface area (Å²) in [4.78, 5) is 21.9. The number of amides is 1. The van der Waals surface area contributed by atoms with Gasteiger partial charge in [0.15, 0.2) is 0 Å². The summed E-state index contributed by atoms with van der Waals surface area (Å²) in [6, 6.07) is 13.5. The zero-order valence-electron chi connectivity index (χ0n) is 11.0.